The average molecular weight is 255 g/mol. The van der Waals surface area contributed by atoms with Gasteiger partial charge in [-0.25, -0.2) is 4.98 Å². The lowest BCUT2D eigenvalue weighted by molar-refractivity contribution is 0.159. The molecule has 0 saturated heterocycles. The highest BCUT2D eigenvalue weighted by atomic mass is 16.6. The van der Waals surface area contributed by atoms with E-state index < -0.39 is 0 Å². The van der Waals surface area contributed by atoms with Crippen molar-refractivity contribution in [2.45, 2.75) is 26.2 Å². The van der Waals surface area contributed by atoms with Crippen molar-refractivity contribution in [2.75, 3.05) is 7.11 Å². The Labute approximate surface area is 112 Å². The van der Waals surface area contributed by atoms with Crippen molar-refractivity contribution >= 4 is 21.9 Å². The van der Waals surface area contributed by atoms with Crippen LogP contribution in [0.1, 0.15) is 26.6 Å². The minimum atomic E-state index is -0.0872. The van der Waals surface area contributed by atoms with Gasteiger partial charge in [-0.1, -0.05) is 39.0 Å². The molecule has 0 atom stereocenters. The first kappa shape index (κ1) is 12.0. The summed E-state index contributed by atoms with van der Waals surface area (Å²) >= 11 is 0. The Morgan fingerprint density at radius 3 is 2.53 bits per heavy atom. The maximum atomic E-state index is 5.56. The minimum Gasteiger partial charge on any atom is -0.415 e. The Morgan fingerprint density at radius 1 is 1.11 bits per heavy atom. The largest absolute Gasteiger partial charge is 0.415 e. The maximum absolute atomic E-state index is 5.56. The second-order valence-electron chi connectivity index (χ2n) is 5.67. The first-order chi connectivity index (χ1) is 9.02. The summed E-state index contributed by atoms with van der Waals surface area (Å²) in [6.45, 7) is 6.37. The van der Waals surface area contributed by atoms with Crippen LogP contribution in [0, 0.1) is 0 Å². The highest BCUT2D eigenvalue weighted by molar-refractivity contribution is 6.02. The van der Waals surface area contributed by atoms with Crippen molar-refractivity contribution in [3.63, 3.8) is 0 Å². The van der Waals surface area contributed by atoms with Gasteiger partial charge in [0.1, 0.15) is 18.1 Å². The van der Waals surface area contributed by atoms with Gasteiger partial charge in [0.05, 0.1) is 11.7 Å². The molecule has 3 rings (SSSR count). The Morgan fingerprint density at radius 2 is 1.84 bits per heavy atom. The number of nitrogens with zero attached hydrogens (tertiary/aromatic N) is 3. The lowest BCUT2D eigenvalue weighted by atomic mass is 9.96. The predicted octanol–water partition coefficient (Wildman–Crippen LogP) is 2.94. The third-order valence-corrected chi connectivity index (χ3v) is 3.20. The quantitative estimate of drug-likeness (QED) is 0.671. The van der Waals surface area contributed by atoms with Gasteiger partial charge in [0, 0.05) is 10.8 Å². The summed E-state index contributed by atoms with van der Waals surface area (Å²) in [6, 6.07) is 8.04. The number of fused-ring (bicyclic) bond motifs is 3. The van der Waals surface area contributed by atoms with E-state index in [9.17, 15) is 0 Å². The Kier molecular flexibility index (Phi) is 2.49. The number of para-hydroxylation sites is 1. The molecule has 1 aromatic carbocycles. The molecule has 2 aromatic heterocycles. The van der Waals surface area contributed by atoms with Gasteiger partial charge >= 0.3 is 0 Å². The summed E-state index contributed by atoms with van der Waals surface area (Å²) in [7, 11) is 1.67. The zero-order valence-corrected chi connectivity index (χ0v) is 11.6. The van der Waals surface area contributed by atoms with E-state index in [1.807, 2.05) is 35.2 Å². The SMILES string of the molecule is COn1c(C(C)(C)C)nc2cnc3ccccc3c21. The van der Waals surface area contributed by atoms with Crippen LogP contribution in [0.2, 0.25) is 0 Å². The molecule has 0 unspecified atom stereocenters. The second-order valence-corrected chi connectivity index (χ2v) is 5.67. The molecule has 0 radical (unpaired) electrons. The molecule has 0 aliphatic heterocycles. The van der Waals surface area contributed by atoms with Crippen molar-refractivity contribution in [3.05, 3.63) is 36.3 Å². The van der Waals surface area contributed by atoms with Crippen LogP contribution in [-0.2, 0) is 5.41 Å². The summed E-state index contributed by atoms with van der Waals surface area (Å²) < 4.78 is 1.82. The Balaban J connectivity index is 2.49. The van der Waals surface area contributed by atoms with Gasteiger partial charge < -0.3 is 4.84 Å². The molecule has 0 amide bonds. The minimum absolute atomic E-state index is 0.0872. The first-order valence-corrected chi connectivity index (χ1v) is 6.33. The van der Waals surface area contributed by atoms with Crippen LogP contribution in [0.3, 0.4) is 0 Å². The summed E-state index contributed by atoms with van der Waals surface area (Å²) in [5.41, 5.74) is 2.72. The highest BCUT2D eigenvalue weighted by Crippen LogP contribution is 2.29. The smallest absolute Gasteiger partial charge is 0.151 e. The number of pyridine rings is 1. The maximum Gasteiger partial charge on any atom is 0.151 e. The van der Waals surface area contributed by atoms with E-state index in [0.717, 1.165) is 27.8 Å². The van der Waals surface area contributed by atoms with Gasteiger partial charge in [-0.2, -0.15) is 4.73 Å². The second kappa shape index (κ2) is 3.95. The monoisotopic (exact) mass is 255 g/mol. The molecule has 19 heavy (non-hydrogen) atoms. The zero-order valence-electron chi connectivity index (χ0n) is 11.6. The number of benzene rings is 1. The summed E-state index contributed by atoms with van der Waals surface area (Å²) in [6.07, 6.45) is 1.81. The van der Waals surface area contributed by atoms with Crippen molar-refractivity contribution in [1.29, 1.82) is 0 Å². The average Bonchev–Trinajstić information content (AvgIpc) is 2.77. The van der Waals surface area contributed by atoms with E-state index in [1.165, 1.54) is 0 Å². The summed E-state index contributed by atoms with van der Waals surface area (Å²) in [4.78, 5) is 14.7. The normalized spacial score (nSPS) is 12.2. The molecule has 98 valence electrons. The van der Waals surface area contributed by atoms with Gasteiger partial charge in [0.2, 0.25) is 0 Å². The molecule has 0 saturated carbocycles. The van der Waals surface area contributed by atoms with E-state index in [0.29, 0.717) is 0 Å². The van der Waals surface area contributed by atoms with Crippen LogP contribution in [0.15, 0.2) is 30.5 Å². The standard InChI is InChI=1S/C15H17N3O/c1-15(2,3)14-17-12-9-16-11-8-6-5-7-10(11)13(12)18(14)19-4/h5-9H,1-4H3. The molecule has 4 heteroatoms. The van der Waals surface area contributed by atoms with E-state index >= 15 is 0 Å². The van der Waals surface area contributed by atoms with Gasteiger partial charge in [-0.3, -0.25) is 4.98 Å². The van der Waals surface area contributed by atoms with Crippen LogP contribution in [-0.4, -0.2) is 21.8 Å². The Hall–Kier alpha value is -2.10. The molecular weight excluding hydrogens is 238 g/mol. The number of hydrogen-bond donors (Lipinski definition) is 0. The molecule has 0 spiro atoms. The fourth-order valence-corrected chi connectivity index (χ4v) is 2.33. The van der Waals surface area contributed by atoms with Crippen molar-refractivity contribution < 1.29 is 4.84 Å². The third-order valence-electron chi connectivity index (χ3n) is 3.20. The van der Waals surface area contributed by atoms with Crippen LogP contribution in [0.25, 0.3) is 21.9 Å². The zero-order chi connectivity index (χ0) is 13.6. The predicted molar refractivity (Wildman–Crippen MR) is 76.2 cm³/mol. The van der Waals surface area contributed by atoms with Crippen molar-refractivity contribution in [2.24, 2.45) is 0 Å². The Bertz CT molecular complexity index is 753. The number of imidazole rings is 1. The van der Waals surface area contributed by atoms with Gasteiger partial charge in [0.25, 0.3) is 0 Å². The van der Waals surface area contributed by atoms with Crippen molar-refractivity contribution in [1.82, 2.24) is 14.7 Å². The van der Waals surface area contributed by atoms with Gasteiger partial charge in [0.15, 0.2) is 5.82 Å². The van der Waals surface area contributed by atoms with Gasteiger partial charge in [-0.05, 0) is 6.07 Å². The molecule has 0 fully saturated rings. The van der Waals surface area contributed by atoms with Crippen LogP contribution < -0.4 is 4.84 Å². The van der Waals surface area contributed by atoms with Crippen LogP contribution in [0.5, 0.6) is 0 Å². The summed E-state index contributed by atoms with van der Waals surface area (Å²) in [5, 5.41) is 1.06. The molecule has 0 N–H and O–H groups in total. The highest BCUT2D eigenvalue weighted by Gasteiger charge is 2.24. The van der Waals surface area contributed by atoms with Crippen LogP contribution >= 0.6 is 0 Å². The molecule has 0 bridgehead atoms. The lowest BCUT2D eigenvalue weighted by Gasteiger charge is -2.18. The first-order valence-electron chi connectivity index (χ1n) is 6.33. The number of aromatic nitrogens is 3. The molecular formula is C15H17N3O. The third kappa shape index (κ3) is 1.75. The topological polar surface area (TPSA) is 39.9 Å². The molecule has 0 aliphatic rings. The fourth-order valence-electron chi connectivity index (χ4n) is 2.33. The van der Waals surface area contributed by atoms with E-state index in [1.54, 1.807) is 7.11 Å². The van der Waals surface area contributed by atoms with Crippen molar-refractivity contribution in [3.8, 4) is 0 Å². The summed E-state index contributed by atoms with van der Waals surface area (Å²) in [5.74, 6) is 0.906. The van der Waals surface area contributed by atoms with Crippen LogP contribution in [0.4, 0.5) is 0 Å². The lowest BCUT2D eigenvalue weighted by Crippen LogP contribution is -2.22. The molecule has 2 heterocycles. The number of rotatable bonds is 1. The molecule has 0 aliphatic carbocycles. The number of hydrogen-bond acceptors (Lipinski definition) is 3. The fraction of sp³-hybridized carbons (Fsp3) is 0.333. The van der Waals surface area contributed by atoms with E-state index in [-0.39, 0.29) is 5.41 Å². The molecule has 3 aromatic rings. The molecule has 4 nitrogen and oxygen atoms in total. The van der Waals surface area contributed by atoms with E-state index in [2.05, 4.69) is 30.7 Å². The van der Waals surface area contributed by atoms with E-state index in [4.69, 9.17) is 4.84 Å². The van der Waals surface area contributed by atoms with Gasteiger partial charge in [-0.15, -0.1) is 0 Å².